The number of carbonyl (C=O) groups excluding carboxylic acids is 2. The zero-order valence-corrected chi connectivity index (χ0v) is 15.2. The molecule has 2 bridgehead atoms. The number of ether oxygens (including phenoxy) is 1. The van der Waals surface area contributed by atoms with Gasteiger partial charge < -0.3 is 15.2 Å². The number of carboxylic acid groups (broad SMARTS) is 1. The fourth-order valence-electron chi connectivity index (χ4n) is 4.48. The molecule has 0 unspecified atom stereocenters. The largest absolute Gasteiger partial charge is 0.481 e. The lowest BCUT2D eigenvalue weighted by atomic mass is 9.79. The molecule has 4 atom stereocenters. The van der Waals surface area contributed by atoms with Crippen molar-refractivity contribution >= 4 is 34.2 Å². The molecule has 1 heterocycles. The van der Waals surface area contributed by atoms with Crippen LogP contribution in [0.5, 0.6) is 0 Å². The Balaban J connectivity index is 1.89. The van der Waals surface area contributed by atoms with Crippen LogP contribution in [0.3, 0.4) is 0 Å². The Bertz CT molecular complexity index is 761. The van der Waals surface area contributed by atoms with Gasteiger partial charge in [0.2, 0.25) is 5.91 Å². The van der Waals surface area contributed by atoms with Crippen molar-refractivity contribution in [1.29, 1.82) is 0 Å². The Morgan fingerprint density at radius 2 is 1.84 bits per heavy atom. The van der Waals surface area contributed by atoms with E-state index in [1.807, 2.05) is 13.8 Å². The second kappa shape index (κ2) is 6.63. The summed E-state index contributed by atoms with van der Waals surface area (Å²) in [6, 6.07) is 1.59. The number of fused-ring (bicyclic) bond motifs is 2. The SMILES string of the molecule is COC(=O)c1ccsc1NC(=O)[C@@H]1[C@@H](C(=O)O)[C@H]2CC[C@@H]1C2=C(C)C. The van der Waals surface area contributed by atoms with Crippen molar-refractivity contribution < 1.29 is 24.2 Å². The van der Waals surface area contributed by atoms with Gasteiger partial charge in [-0.2, -0.15) is 0 Å². The minimum Gasteiger partial charge on any atom is -0.481 e. The maximum atomic E-state index is 12.9. The third-order valence-corrected chi connectivity index (χ3v) is 6.14. The number of amides is 1. The van der Waals surface area contributed by atoms with Gasteiger partial charge in [0.1, 0.15) is 5.00 Å². The van der Waals surface area contributed by atoms with E-state index in [-0.39, 0.29) is 17.7 Å². The van der Waals surface area contributed by atoms with Crippen LogP contribution in [0.2, 0.25) is 0 Å². The van der Waals surface area contributed by atoms with Gasteiger partial charge in [0, 0.05) is 0 Å². The number of hydrogen-bond acceptors (Lipinski definition) is 5. The summed E-state index contributed by atoms with van der Waals surface area (Å²) in [6.45, 7) is 3.96. The third-order valence-electron chi connectivity index (χ3n) is 5.31. The Morgan fingerprint density at radius 1 is 1.20 bits per heavy atom. The topological polar surface area (TPSA) is 92.7 Å². The maximum absolute atomic E-state index is 12.9. The Labute approximate surface area is 149 Å². The first-order valence-electron chi connectivity index (χ1n) is 8.23. The van der Waals surface area contributed by atoms with Crippen LogP contribution in [-0.4, -0.2) is 30.1 Å². The van der Waals surface area contributed by atoms with E-state index in [1.165, 1.54) is 18.4 Å². The first-order valence-corrected chi connectivity index (χ1v) is 9.11. The number of esters is 1. The molecule has 3 rings (SSSR count). The lowest BCUT2D eigenvalue weighted by Gasteiger charge is -2.26. The first kappa shape index (κ1) is 17.7. The zero-order valence-electron chi connectivity index (χ0n) is 14.4. The van der Waals surface area contributed by atoms with Crippen LogP contribution >= 0.6 is 11.3 Å². The predicted octanol–water partition coefficient (Wildman–Crippen LogP) is 3.17. The average Bonchev–Trinajstić information content (AvgIpc) is 3.26. The van der Waals surface area contributed by atoms with Crippen molar-refractivity contribution in [2.45, 2.75) is 26.7 Å². The van der Waals surface area contributed by atoms with Crippen LogP contribution in [0.15, 0.2) is 22.6 Å². The Kier molecular flexibility index (Phi) is 4.69. The van der Waals surface area contributed by atoms with E-state index in [1.54, 1.807) is 11.4 Å². The maximum Gasteiger partial charge on any atom is 0.340 e. The number of allylic oxidation sites excluding steroid dienone is 2. The minimum absolute atomic E-state index is 0.0300. The van der Waals surface area contributed by atoms with Gasteiger partial charge in [0.25, 0.3) is 0 Å². The summed E-state index contributed by atoms with van der Waals surface area (Å²) in [4.78, 5) is 36.5. The molecular formula is C18H21NO5S. The van der Waals surface area contributed by atoms with E-state index >= 15 is 0 Å². The van der Waals surface area contributed by atoms with E-state index in [4.69, 9.17) is 4.74 Å². The molecular weight excluding hydrogens is 342 g/mol. The predicted molar refractivity (Wildman–Crippen MR) is 93.5 cm³/mol. The fraction of sp³-hybridized carbons (Fsp3) is 0.500. The minimum atomic E-state index is -0.925. The highest BCUT2D eigenvalue weighted by atomic mass is 32.1. The van der Waals surface area contributed by atoms with Gasteiger partial charge in [-0.3, -0.25) is 9.59 Å². The molecule has 0 radical (unpaired) electrons. The van der Waals surface area contributed by atoms with Crippen molar-refractivity contribution in [3.05, 3.63) is 28.2 Å². The van der Waals surface area contributed by atoms with Crippen molar-refractivity contribution in [2.75, 3.05) is 12.4 Å². The molecule has 7 heteroatoms. The quantitative estimate of drug-likeness (QED) is 0.633. The van der Waals surface area contributed by atoms with Gasteiger partial charge in [0.15, 0.2) is 0 Å². The molecule has 134 valence electrons. The van der Waals surface area contributed by atoms with Crippen molar-refractivity contribution in [2.24, 2.45) is 23.7 Å². The van der Waals surface area contributed by atoms with E-state index < -0.39 is 23.8 Å². The second-order valence-corrected chi connectivity index (χ2v) is 7.70. The van der Waals surface area contributed by atoms with Crippen molar-refractivity contribution in [3.63, 3.8) is 0 Å². The van der Waals surface area contributed by atoms with Gasteiger partial charge in [-0.1, -0.05) is 11.1 Å². The molecule has 2 fully saturated rings. The summed E-state index contributed by atoms with van der Waals surface area (Å²) >= 11 is 1.22. The van der Waals surface area contributed by atoms with Crippen LogP contribution in [-0.2, 0) is 14.3 Å². The van der Waals surface area contributed by atoms with Gasteiger partial charge in [-0.25, -0.2) is 4.79 Å². The molecule has 1 amide bonds. The lowest BCUT2D eigenvalue weighted by molar-refractivity contribution is -0.148. The monoisotopic (exact) mass is 363 g/mol. The van der Waals surface area contributed by atoms with E-state index in [0.29, 0.717) is 10.6 Å². The molecule has 2 saturated carbocycles. The highest BCUT2D eigenvalue weighted by Gasteiger charge is 2.57. The van der Waals surface area contributed by atoms with E-state index in [2.05, 4.69) is 5.32 Å². The fourth-order valence-corrected chi connectivity index (χ4v) is 5.25. The molecule has 6 nitrogen and oxygen atoms in total. The highest BCUT2D eigenvalue weighted by molar-refractivity contribution is 7.14. The number of carbonyl (C=O) groups is 3. The van der Waals surface area contributed by atoms with Gasteiger partial charge >= 0.3 is 11.9 Å². The third kappa shape index (κ3) is 2.86. The van der Waals surface area contributed by atoms with Crippen LogP contribution in [0.25, 0.3) is 0 Å². The first-order chi connectivity index (χ1) is 11.9. The number of thiophene rings is 1. The summed E-state index contributed by atoms with van der Waals surface area (Å²) in [7, 11) is 1.28. The summed E-state index contributed by atoms with van der Waals surface area (Å²) in [5.41, 5.74) is 2.53. The molecule has 1 aromatic rings. The standard InChI is InChI=1S/C18H21NO5S/c1-8(2)12-9-4-5-10(12)14(17(21)22)13(9)15(20)19-16-11(6-7-25-16)18(23)24-3/h6-7,9-10,13-14H,4-5H2,1-3H3,(H,19,20)(H,21,22)/t9-,10+,13+,14+/m1/s1. The van der Waals surface area contributed by atoms with Crippen molar-refractivity contribution in [1.82, 2.24) is 0 Å². The molecule has 0 saturated heterocycles. The van der Waals surface area contributed by atoms with Gasteiger partial charge in [-0.05, 0) is 50.0 Å². The van der Waals surface area contributed by atoms with Gasteiger partial charge in [-0.15, -0.1) is 11.3 Å². The zero-order chi connectivity index (χ0) is 18.3. The average molecular weight is 363 g/mol. The summed E-state index contributed by atoms with van der Waals surface area (Å²) < 4.78 is 4.71. The molecule has 1 aromatic heterocycles. The number of aliphatic carboxylic acids is 1. The number of carboxylic acids is 1. The van der Waals surface area contributed by atoms with E-state index in [0.717, 1.165) is 24.0 Å². The van der Waals surface area contributed by atoms with Crippen LogP contribution in [0.1, 0.15) is 37.0 Å². The molecule has 0 aliphatic heterocycles. The number of hydrogen-bond donors (Lipinski definition) is 2. The highest BCUT2D eigenvalue weighted by Crippen LogP contribution is 2.57. The molecule has 0 spiro atoms. The number of nitrogens with one attached hydrogen (secondary N) is 1. The number of rotatable bonds is 4. The van der Waals surface area contributed by atoms with Crippen LogP contribution in [0.4, 0.5) is 5.00 Å². The number of anilines is 1. The normalized spacial score (nSPS) is 27.2. The summed E-state index contributed by atoms with van der Waals surface area (Å²) in [5.74, 6) is -3.18. The Morgan fingerprint density at radius 3 is 2.40 bits per heavy atom. The lowest BCUT2D eigenvalue weighted by Crippen LogP contribution is -2.37. The molecule has 25 heavy (non-hydrogen) atoms. The van der Waals surface area contributed by atoms with Gasteiger partial charge in [0.05, 0.1) is 24.5 Å². The summed E-state index contributed by atoms with van der Waals surface area (Å²) in [6.07, 6.45) is 1.65. The smallest absolute Gasteiger partial charge is 0.340 e. The summed E-state index contributed by atoms with van der Waals surface area (Å²) in [5, 5.41) is 14.6. The number of methoxy groups -OCH3 is 1. The second-order valence-electron chi connectivity index (χ2n) is 6.78. The Hall–Kier alpha value is -2.15. The molecule has 2 aliphatic carbocycles. The van der Waals surface area contributed by atoms with E-state index in [9.17, 15) is 19.5 Å². The van der Waals surface area contributed by atoms with Crippen LogP contribution in [0, 0.1) is 23.7 Å². The van der Waals surface area contributed by atoms with Crippen molar-refractivity contribution in [3.8, 4) is 0 Å². The molecule has 2 N–H and O–H groups in total. The molecule has 0 aromatic carbocycles. The molecule has 2 aliphatic rings. The van der Waals surface area contributed by atoms with Crippen LogP contribution < -0.4 is 5.32 Å².